The van der Waals surface area contributed by atoms with E-state index in [1.54, 1.807) is 30.1 Å². The highest BCUT2D eigenvalue weighted by Gasteiger charge is 2.24. The van der Waals surface area contributed by atoms with Gasteiger partial charge in [0, 0.05) is 38.2 Å². The Morgan fingerprint density at radius 1 is 1.33 bits per heavy atom. The minimum absolute atomic E-state index is 0.00160. The van der Waals surface area contributed by atoms with Crippen molar-refractivity contribution in [1.82, 2.24) is 9.80 Å². The van der Waals surface area contributed by atoms with Crippen molar-refractivity contribution in [2.75, 3.05) is 38.5 Å². The summed E-state index contributed by atoms with van der Waals surface area (Å²) in [6, 6.07) is 6.51. The Morgan fingerprint density at radius 3 is 2.78 bits per heavy atom. The molecule has 2 rings (SSSR count). The smallest absolute Gasteiger partial charge is 0.317 e. The van der Waals surface area contributed by atoms with Crippen LogP contribution in [0.1, 0.15) is 25.7 Å². The van der Waals surface area contributed by atoms with Gasteiger partial charge < -0.3 is 15.3 Å². The Labute approximate surface area is 158 Å². The number of nitro benzene ring substituents is 1. The normalized spacial score (nSPS) is 17.4. The van der Waals surface area contributed by atoms with Gasteiger partial charge in [0.05, 0.1) is 11.5 Å². The highest BCUT2D eigenvalue weighted by atomic mass is 16.6. The van der Waals surface area contributed by atoms with Gasteiger partial charge >= 0.3 is 5.97 Å². The van der Waals surface area contributed by atoms with E-state index in [9.17, 15) is 19.7 Å². The first-order chi connectivity index (χ1) is 12.9. The van der Waals surface area contributed by atoms with Gasteiger partial charge in [0.25, 0.3) is 5.69 Å². The molecule has 1 atom stereocenters. The Hall–Kier alpha value is -2.68. The van der Waals surface area contributed by atoms with E-state index in [1.807, 2.05) is 4.90 Å². The number of carbonyl (C=O) groups excluding carboxylic acids is 1. The predicted octanol–water partition coefficient (Wildman–Crippen LogP) is 1.79. The lowest BCUT2D eigenvalue weighted by molar-refractivity contribution is -0.384. The number of anilines is 1. The van der Waals surface area contributed by atoms with Crippen LogP contribution in [-0.4, -0.2) is 71.0 Å². The number of carboxylic acid groups (broad SMARTS) is 1. The first-order valence-corrected chi connectivity index (χ1v) is 9.05. The van der Waals surface area contributed by atoms with Crippen molar-refractivity contribution in [3.63, 3.8) is 0 Å². The maximum atomic E-state index is 12.5. The summed E-state index contributed by atoms with van der Waals surface area (Å²) in [5.74, 6) is -0.849. The van der Waals surface area contributed by atoms with E-state index in [4.69, 9.17) is 5.11 Å². The van der Waals surface area contributed by atoms with Crippen molar-refractivity contribution in [3.05, 3.63) is 34.4 Å². The number of likely N-dealkylation sites (N-methyl/N-ethyl adjacent to an activating group) is 1. The summed E-state index contributed by atoms with van der Waals surface area (Å²) in [6.07, 6.45) is 2.69. The van der Waals surface area contributed by atoms with E-state index in [1.165, 1.54) is 6.07 Å². The van der Waals surface area contributed by atoms with E-state index in [0.717, 1.165) is 19.3 Å². The zero-order valence-electron chi connectivity index (χ0n) is 15.5. The second-order valence-electron chi connectivity index (χ2n) is 6.73. The van der Waals surface area contributed by atoms with E-state index in [-0.39, 0.29) is 30.6 Å². The molecule has 1 aliphatic rings. The number of para-hydroxylation sites is 2. The van der Waals surface area contributed by atoms with Crippen molar-refractivity contribution in [3.8, 4) is 0 Å². The highest BCUT2D eigenvalue weighted by molar-refractivity contribution is 5.77. The van der Waals surface area contributed by atoms with Gasteiger partial charge in [-0.2, -0.15) is 0 Å². The van der Waals surface area contributed by atoms with Crippen LogP contribution in [0.15, 0.2) is 24.3 Å². The van der Waals surface area contributed by atoms with Gasteiger partial charge in [0.1, 0.15) is 5.69 Å². The second-order valence-corrected chi connectivity index (χ2v) is 6.73. The summed E-state index contributed by atoms with van der Waals surface area (Å²) in [5.41, 5.74) is 0.394. The minimum Gasteiger partial charge on any atom is -0.480 e. The molecule has 0 aromatic heterocycles. The SMILES string of the molecule is CN(CC(=O)O)C1CCCN(C(=O)CCNc2ccccc2[N+](=O)[O-])CC1. The Balaban J connectivity index is 1.81. The maximum Gasteiger partial charge on any atom is 0.317 e. The summed E-state index contributed by atoms with van der Waals surface area (Å²) in [6.45, 7) is 1.57. The third-order valence-corrected chi connectivity index (χ3v) is 4.81. The maximum absolute atomic E-state index is 12.5. The predicted molar refractivity (Wildman–Crippen MR) is 101 cm³/mol. The summed E-state index contributed by atoms with van der Waals surface area (Å²) < 4.78 is 0. The van der Waals surface area contributed by atoms with Gasteiger partial charge in [0.15, 0.2) is 0 Å². The molecule has 0 bridgehead atoms. The number of amides is 1. The van der Waals surface area contributed by atoms with Crippen LogP contribution in [0, 0.1) is 10.1 Å². The molecule has 1 amide bonds. The average Bonchev–Trinajstić information content (AvgIpc) is 2.87. The summed E-state index contributed by atoms with van der Waals surface area (Å²) in [4.78, 5) is 37.5. The Morgan fingerprint density at radius 2 is 2.07 bits per heavy atom. The van der Waals surface area contributed by atoms with Gasteiger partial charge in [0.2, 0.25) is 5.91 Å². The summed E-state index contributed by atoms with van der Waals surface area (Å²) in [5, 5.41) is 22.9. The van der Waals surface area contributed by atoms with Gasteiger partial charge in [-0.25, -0.2) is 0 Å². The number of aliphatic carboxylic acids is 1. The van der Waals surface area contributed by atoms with Crippen LogP contribution in [0.3, 0.4) is 0 Å². The molecular formula is C18H26N4O5. The first kappa shape index (κ1) is 20.6. The third-order valence-electron chi connectivity index (χ3n) is 4.81. The van der Waals surface area contributed by atoms with Crippen molar-refractivity contribution in [2.45, 2.75) is 31.7 Å². The quantitative estimate of drug-likeness (QED) is 0.523. The van der Waals surface area contributed by atoms with Crippen LogP contribution >= 0.6 is 0 Å². The summed E-state index contributed by atoms with van der Waals surface area (Å²) in [7, 11) is 1.80. The molecule has 1 aliphatic heterocycles. The van der Waals surface area contributed by atoms with Crippen LogP contribution < -0.4 is 5.32 Å². The van der Waals surface area contributed by atoms with Crippen molar-refractivity contribution >= 4 is 23.3 Å². The lowest BCUT2D eigenvalue weighted by atomic mass is 10.1. The summed E-state index contributed by atoms with van der Waals surface area (Å²) >= 11 is 0. The topological polar surface area (TPSA) is 116 Å². The van der Waals surface area contributed by atoms with E-state index in [0.29, 0.717) is 25.3 Å². The Bertz CT molecular complexity index is 681. The fraction of sp³-hybridized carbons (Fsp3) is 0.556. The first-order valence-electron chi connectivity index (χ1n) is 9.05. The van der Waals surface area contributed by atoms with Crippen molar-refractivity contribution < 1.29 is 19.6 Å². The molecule has 0 aliphatic carbocycles. The standard InChI is InChI=1S/C18H26N4O5/c1-20(13-18(24)25)14-5-4-11-21(12-9-14)17(23)8-10-19-15-6-2-3-7-16(15)22(26)27/h2-3,6-7,14,19H,4-5,8-13H2,1H3,(H,24,25). The molecule has 1 saturated heterocycles. The van der Waals surface area contributed by atoms with Crippen LogP contribution in [0.5, 0.6) is 0 Å². The van der Waals surface area contributed by atoms with Crippen LogP contribution in [-0.2, 0) is 9.59 Å². The number of rotatable bonds is 8. The van der Waals surface area contributed by atoms with E-state index in [2.05, 4.69) is 5.32 Å². The van der Waals surface area contributed by atoms with Crippen LogP contribution in [0.25, 0.3) is 0 Å². The van der Waals surface area contributed by atoms with Gasteiger partial charge in [-0.1, -0.05) is 12.1 Å². The zero-order valence-corrected chi connectivity index (χ0v) is 15.5. The molecule has 1 fully saturated rings. The number of likely N-dealkylation sites (tertiary alicyclic amines) is 1. The molecule has 148 valence electrons. The van der Waals surface area contributed by atoms with Gasteiger partial charge in [-0.3, -0.25) is 24.6 Å². The molecule has 2 N–H and O–H groups in total. The van der Waals surface area contributed by atoms with E-state index < -0.39 is 10.9 Å². The largest absolute Gasteiger partial charge is 0.480 e. The number of hydrogen-bond acceptors (Lipinski definition) is 6. The van der Waals surface area contributed by atoms with Gasteiger partial charge in [-0.15, -0.1) is 0 Å². The monoisotopic (exact) mass is 378 g/mol. The number of carbonyl (C=O) groups is 2. The molecule has 0 spiro atoms. The molecule has 9 nitrogen and oxygen atoms in total. The number of carboxylic acids is 1. The second kappa shape index (κ2) is 9.86. The number of benzene rings is 1. The molecule has 1 heterocycles. The van der Waals surface area contributed by atoms with Gasteiger partial charge in [-0.05, 0) is 32.4 Å². The Kier molecular flexibility index (Phi) is 7.54. The van der Waals surface area contributed by atoms with Crippen molar-refractivity contribution in [2.24, 2.45) is 0 Å². The molecular weight excluding hydrogens is 352 g/mol. The molecule has 1 aromatic rings. The molecule has 0 saturated carbocycles. The number of nitro groups is 1. The average molecular weight is 378 g/mol. The van der Waals surface area contributed by atoms with Crippen LogP contribution in [0.4, 0.5) is 11.4 Å². The minimum atomic E-state index is -0.851. The number of nitrogens with one attached hydrogen (secondary N) is 1. The number of nitrogens with zero attached hydrogens (tertiary/aromatic N) is 3. The molecule has 1 unspecified atom stereocenters. The lowest BCUT2D eigenvalue weighted by Gasteiger charge is -2.25. The number of hydrogen-bond donors (Lipinski definition) is 2. The molecule has 1 aromatic carbocycles. The van der Waals surface area contributed by atoms with Crippen molar-refractivity contribution in [1.29, 1.82) is 0 Å². The fourth-order valence-electron chi connectivity index (χ4n) is 3.36. The fourth-order valence-corrected chi connectivity index (χ4v) is 3.36. The highest BCUT2D eigenvalue weighted by Crippen LogP contribution is 2.23. The zero-order chi connectivity index (χ0) is 19.8. The molecule has 0 radical (unpaired) electrons. The van der Waals surface area contributed by atoms with Crippen LogP contribution in [0.2, 0.25) is 0 Å². The lowest BCUT2D eigenvalue weighted by Crippen LogP contribution is -2.37. The molecule has 27 heavy (non-hydrogen) atoms. The molecule has 9 heteroatoms. The third kappa shape index (κ3) is 6.21. The van der Waals surface area contributed by atoms with E-state index >= 15 is 0 Å².